The number of nitrogens with zero attached hydrogens (tertiary/aromatic N) is 3. The number of rotatable bonds is 7. The van der Waals surface area contributed by atoms with E-state index in [-0.39, 0.29) is 18.5 Å². The lowest BCUT2D eigenvalue weighted by Gasteiger charge is -2.05. The first kappa shape index (κ1) is 20.1. The van der Waals surface area contributed by atoms with Gasteiger partial charge >= 0.3 is 5.97 Å². The number of benzene rings is 2. The van der Waals surface area contributed by atoms with Gasteiger partial charge in [0.1, 0.15) is 11.3 Å². The highest BCUT2D eigenvalue weighted by atomic mass is 35.5. The van der Waals surface area contributed by atoms with Crippen molar-refractivity contribution in [3.8, 4) is 23.0 Å². The maximum Gasteiger partial charge on any atom is 0.342 e. The summed E-state index contributed by atoms with van der Waals surface area (Å²) in [5, 5.41) is 16.1. The lowest BCUT2D eigenvalue weighted by molar-refractivity contribution is -0.124. The average Bonchev–Trinajstić information content (AvgIpc) is 3.19. The number of aromatic nitrogens is 2. The molecule has 29 heavy (non-hydrogen) atoms. The molecule has 0 radical (unpaired) electrons. The quantitative estimate of drug-likeness (QED) is 0.477. The Balaban J connectivity index is 1.85. The molecule has 3 aromatic rings. The molecule has 0 bridgehead atoms. The van der Waals surface area contributed by atoms with Crippen molar-refractivity contribution in [2.45, 2.75) is 6.42 Å². The second-order valence-electron chi connectivity index (χ2n) is 6.01. The molecule has 0 saturated heterocycles. The first-order chi connectivity index (χ1) is 14.1. The minimum Gasteiger partial charge on any atom is -0.452 e. The van der Waals surface area contributed by atoms with Crippen molar-refractivity contribution < 1.29 is 14.3 Å². The summed E-state index contributed by atoms with van der Waals surface area (Å²) in [5.74, 6) is -1.15. The highest BCUT2D eigenvalue weighted by Gasteiger charge is 2.21. The van der Waals surface area contributed by atoms with Gasteiger partial charge in [-0.1, -0.05) is 41.9 Å². The molecule has 0 atom stereocenters. The molecule has 1 N–H and O–H groups in total. The monoisotopic (exact) mass is 408 g/mol. The van der Waals surface area contributed by atoms with Crippen LogP contribution < -0.4 is 5.32 Å². The van der Waals surface area contributed by atoms with Crippen molar-refractivity contribution in [1.29, 1.82) is 5.26 Å². The number of hydrogen-bond donors (Lipinski definition) is 1. The Hall–Kier alpha value is -3.63. The van der Waals surface area contributed by atoms with E-state index in [1.807, 2.05) is 36.4 Å². The molecule has 146 valence electrons. The van der Waals surface area contributed by atoms with Crippen LogP contribution >= 0.6 is 11.6 Å². The lowest BCUT2D eigenvalue weighted by Crippen LogP contribution is -2.29. The maximum atomic E-state index is 12.7. The van der Waals surface area contributed by atoms with E-state index in [1.54, 1.807) is 35.1 Å². The molecule has 3 rings (SSSR count). The Labute approximate surface area is 172 Å². The summed E-state index contributed by atoms with van der Waals surface area (Å²) in [6.45, 7) is -0.240. The Kier molecular flexibility index (Phi) is 6.61. The van der Waals surface area contributed by atoms with Crippen molar-refractivity contribution in [3.63, 3.8) is 0 Å². The zero-order chi connectivity index (χ0) is 20.6. The smallest absolute Gasteiger partial charge is 0.342 e. The molecule has 0 spiro atoms. The Morgan fingerprint density at radius 2 is 1.86 bits per heavy atom. The third kappa shape index (κ3) is 5.21. The van der Waals surface area contributed by atoms with E-state index in [0.29, 0.717) is 16.3 Å². The third-order valence-corrected chi connectivity index (χ3v) is 4.22. The number of esters is 1. The fraction of sp³-hybridized carbons (Fsp3) is 0.143. The molecule has 1 amide bonds. The van der Waals surface area contributed by atoms with Crippen molar-refractivity contribution in [2.75, 3.05) is 13.2 Å². The zero-order valence-corrected chi connectivity index (χ0v) is 16.1. The molecule has 2 aromatic carbocycles. The number of halogens is 1. The largest absolute Gasteiger partial charge is 0.452 e. The standard InChI is InChI=1S/C21H17ClN4O3/c22-16-9-7-15(8-10-16)20-18(13-26(25-20)17-5-2-1-3-6-17)21(28)29-14-19(27)24-12-4-11-23/h1-3,5-10,13H,4,12,14H2,(H,24,27). The molecule has 0 saturated carbocycles. The molecule has 1 heterocycles. The lowest BCUT2D eigenvalue weighted by atomic mass is 10.1. The van der Waals surface area contributed by atoms with Gasteiger partial charge in [-0.05, 0) is 24.3 Å². The molecule has 8 heteroatoms. The number of para-hydroxylation sites is 1. The minimum absolute atomic E-state index is 0.185. The Morgan fingerprint density at radius 3 is 2.55 bits per heavy atom. The fourth-order valence-corrected chi connectivity index (χ4v) is 2.70. The highest BCUT2D eigenvalue weighted by molar-refractivity contribution is 6.30. The van der Waals surface area contributed by atoms with Gasteiger partial charge in [-0.15, -0.1) is 0 Å². The normalized spacial score (nSPS) is 10.2. The van der Waals surface area contributed by atoms with E-state index in [4.69, 9.17) is 21.6 Å². The summed E-state index contributed by atoms with van der Waals surface area (Å²) in [5.41, 5.74) is 2.10. The molecule has 1 aromatic heterocycles. The summed E-state index contributed by atoms with van der Waals surface area (Å²) in [6.07, 6.45) is 1.75. The number of hydrogen-bond acceptors (Lipinski definition) is 5. The van der Waals surface area contributed by atoms with Gasteiger partial charge in [-0.3, -0.25) is 4.79 Å². The molecule has 7 nitrogen and oxygen atoms in total. The van der Waals surface area contributed by atoms with Gasteiger partial charge in [0.05, 0.1) is 18.2 Å². The summed E-state index contributed by atoms with van der Waals surface area (Å²) in [4.78, 5) is 24.4. The zero-order valence-electron chi connectivity index (χ0n) is 15.3. The van der Waals surface area contributed by atoms with Gasteiger partial charge in [0, 0.05) is 23.3 Å². The minimum atomic E-state index is -0.674. The molecular weight excluding hydrogens is 392 g/mol. The number of carbonyl (C=O) groups excluding carboxylic acids is 2. The summed E-state index contributed by atoms with van der Waals surface area (Å²) >= 11 is 5.96. The maximum absolute atomic E-state index is 12.7. The number of ether oxygens (including phenoxy) is 1. The first-order valence-corrected chi connectivity index (χ1v) is 9.18. The van der Waals surface area contributed by atoms with Crippen molar-refractivity contribution in [2.24, 2.45) is 0 Å². The highest BCUT2D eigenvalue weighted by Crippen LogP contribution is 2.26. The predicted octanol–water partition coefficient (Wildman–Crippen LogP) is 3.38. The second kappa shape index (κ2) is 9.53. The second-order valence-corrected chi connectivity index (χ2v) is 6.45. The van der Waals surface area contributed by atoms with Crippen molar-refractivity contribution in [1.82, 2.24) is 15.1 Å². The van der Waals surface area contributed by atoms with Crippen LogP contribution in [0.25, 0.3) is 16.9 Å². The Morgan fingerprint density at radius 1 is 1.14 bits per heavy atom. The van der Waals surface area contributed by atoms with Crippen LogP contribution in [-0.4, -0.2) is 34.8 Å². The summed E-state index contributed by atoms with van der Waals surface area (Å²) < 4.78 is 6.72. The van der Waals surface area contributed by atoms with E-state index in [2.05, 4.69) is 10.4 Å². The first-order valence-electron chi connectivity index (χ1n) is 8.80. The van der Waals surface area contributed by atoms with E-state index in [9.17, 15) is 9.59 Å². The number of carbonyl (C=O) groups is 2. The predicted molar refractivity (Wildman–Crippen MR) is 108 cm³/mol. The summed E-state index contributed by atoms with van der Waals surface area (Å²) in [7, 11) is 0. The van der Waals surface area contributed by atoms with Crippen LogP contribution in [-0.2, 0) is 9.53 Å². The van der Waals surface area contributed by atoms with Crippen LogP contribution in [0.1, 0.15) is 16.8 Å². The average molecular weight is 409 g/mol. The van der Waals surface area contributed by atoms with Crippen molar-refractivity contribution in [3.05, 3.63) is 71.4 Å². The van der Waals surface area contributed by atoms with Crippen LogP contribution in [0, 0.1) is 11.3 Å². The summed E-state index contributed by atoms with van der Waals surface area (Å²) in [6, 6.07) is 18.2. The van der Waals surface area contributed by atoms with Crippen LogP contribution in [0.15, 0.2) is 60.8 Å². The van der Waals surface area contributed by atoms with Gasteiger partial charge in [-0.2, -0.15) is 10.4 Å². The molecule has 0 aliphatic carbocycles. The SMILES string of the molecule is N#CCCNC(=O)COC(=O)c1cn(-c2ccccc2)nc1-c1ccc(Cl)cc1. The molecular formula is C21H17ClN4O3. The van der Waals surface area contributed by atoms with E-state index in [1.165, 1.54) is 0 Å². The number of amides is 1. The molecule has 0 fully saturated rings. The van der Waals surface area contributed by atoms with Gasteiger partial charge in [0.2, 0.25) is 0 Å². The van der Waals surface area contributed by atoms with E-state index < -0.39 is 18.5 Å². The number of nitrogens with one attached hydrogen (secondary N) is 1. The van der Waals surface area contributed by atoms with Gasteiger partial charge < -0.3 is 10.1 Å². The fourth-order valence-electron chi connectivity index (χ4n) is 2.57. The third-order valence-electron chi connectivity index (χ3n) is 3.97. The molecule has 0 unspecified atom stereocenters. The number of nitriles is 1. The topological polar surface area (TPSA) is 97.0 Å². The van der Waals surface area contributed by atoms with Crippen LogP contribution in [0.3, 0.4) is 0 Å². The van der Waals surface area contributed by atoms with Gasteiger partial charge in [0.25, 0.3) is 5.91 Å². The molecule has 0 aliphatic rings. The van der Waals surface area contributed by atoms with E-state index in [0.717, 1.165) is 5.69 Å². The van der Waals surface area contributed by atoms with Crippen LogP contribution in [0.2, 0.25) is 5.02 Å². The van der Waals surface area contributed by atoms with Crippen molar-refractivity contribution >= 4 is 23.5 Å². The van der Waals surface area contributed by atoms with E-state index >= 15 is 0 Å². The van der Waals surface area contributed by atoms with Crippen LogP contribution in [0.5, 0.6) is 0 Å². The van der Waals surface area contributed by atoms with Crippen LogP contribution in [0.4, 0.5) is 0 Å². The molecule has 0 aliphatic heterocycles. The Bertz CT molecular complexity index is 1040. The van der Waals surface area contributed by atoms with Gasteiger partial charge in [0.15, 0.2) is 6.61 Å². The van der Waals surface area contributed by atoms with Gasteiger partial charge in [-0.25, -0.2) is 9.48 Å².